The molecule has 2 amide bonds. The van der Waals surface area contributed by atoms with E-state index in [0.717, 1.165) is 19.1 Å². The number of carbonyl (C=O) groups is 2. The summed E-state index contributed by atoms with van der Waals surface area (Å²) >= 11 is 0. The number of methoxy groups -OCH3 is 1. The molecule has 1 heterocycles. The molecule has 0 aromatic heterocycles. The van der Waals surface area contributed by atoms with E-state index in [0.29, 0.717) is 18.7 Å². The standard InChI is InChI=1S/C17H22N2O6S/c1-25-13-6-12(7-14(8-13)26(2,23)24)18-16(22)19-9-11-4-3-5-17(11,10-19)15(20)21/h6-8,11H,3-5,9-10H2,1-2H3,(H,18,22)(H,20,21)/t11-,17+/m0/s1. The summed E-state index contributed by atoms with van der Waals surface area (Å²) in [4.78, 5) is 25.9. The lowest BCUT2D eigenvalue weighted by atomic mass is 9.81. The third-order valence-electron chi connectivity index (χ3n) is 5.38. The predicted molar refractivity (Wildman–Crippen MR) is 94.1 cm³/mol. The fraction of sp³-hybridized carbons (Fsp3) is 0.529. The zero-order valence-corrected chi connectivity index (χ0v) is 15.5. The maximum absolute atomic E-state index is 12.6. The molecule has 0 unspecified atom stereocenters. The van der Waals surface area contributed by atoms with Crippen molar-refractivity contribution in [1.82, 2.24) is 4.90 Å². The number of likely N-dealkylation sites (tertiary alicyclic amines) is 1. The van der Waals surface area contributed by atoms with E-state index in [2.05, 4.69) is 5.32 Å². The first-order valence-electron chi connectivity index (χ1n) is 8.34. The molecule has 9 heteroatoms. The summed E-state index contributed by atoms with van der Waals surface area (Å²) in [6.45, 7) is 0.558. The van der Waals surface area contributed by atoms with Crippen LogP contribution in [0, 0.1) is 11.3 Å². The summed E-state index contributed by atoms with van der Waals surface area (Å²) in [6.07, 6.45) is 3.31. The van der Waals surface area contributed by atoms with E-state index < -0.39 is 27.3 Å². The number of anilines is 1. The highest BCUT2D eigenvalue weighted by Crippen LogP contribution is 2.49. The Morgan fingerprint density at radius 3 is 2.65 bits per heavy atom. The minimum absolute atomic E-state index is 0.0347. The van der Waals surface area contributed by atoms with Crippen molar-refractivity contribution in [2.24, 2.45) is 11.3 Å². The van der Waals surface area contributed by atoms with Crippen LogP contribution in [0.4, 0.5) is 10.5 Å². The highest BCUT2D eigenvalue weighted by molar-refractivity contribution is 7.90. The van der Waals surface area contributed by atoms with Crippen LogP contribution in [0.25, 0.3) is 0 Å². The van der Waals surface area contributed by atoms with Crippen LogP contribution >= 0.6 is 0 Å². The lowest BCUT2D eigenvalue weighted by Gasteiger charge is -2.23. The van der Waals surface area contributed by atoms with Gasteiger partial charge in [-0.05, 0) is 30.9 Å². The quantitative estimate of drug-likeness (QED) is 0.821. The van der Waals surface area contributed by atoms with Crippen LogP contribution in [-0.4, -0.2) is 56.9 Å². The Balaban J connectivity index is 1.80. The number of sulfone groups is 1. The molecule has 2 atom stereocenters. The van der Waals surface area contributed by atoms with Gasteiger partial charge in [0.2, 0.25) is 0 Å². The summed E-state index contributed by atoms with van der Waals surface area (Å²) < 4.78 is 28.7. The van der Waals surface area contributed by atoms with Crippen molar-refractivity contribution in [2.75, 3.05) is 31.8 Å². The first kappa shape index (κ1) is 18.5. The largest absolute Gasteiger partial charge is 0.497 e. The zero-order chi connectivity index (χ0) is 19.1. The topological polar surface area (TPSA) is 113 Å². The van der Waals surface area contributed by atoms with Gasteiger partial charge in [0.1, 0.15) is 5.75 Å². The number of carbonyl (C=O) groups excluding carboxylic acids is 1. The van der Waals surface area contributed by atoms with Crippen molar-refractivity contribution in [2.45, 2.75) is 24.2 Å². The van der Waals surface area contributed by atoms with Crippen molar-refractivity contribution in [1.29, 1.82) is 0 Å². The third kappa shape index (κ3) is 3.23. The molecule has 8 nitrogen and oxygen atoms in total. The summed E-state index contributed by atoms with van der Waals surface area (Å²) in [7, 11) is -2.06. The summed E-state index contributed by atoms with van der Waals surface area (Å²) in [5, 5.41) is 12.3. The van der Waals surface area contributed by atoms with Crippen LogP contribution < -0.4 is 10.1 Å². The van der Waals surface area contributed by atoms with Gasteiger partial charge in [-0.15, -0.1) is 0 Å². The molecule has 3 rings (SSSR count). The Bertz CT molecular complexity index is 853. The molecule has 26 heavy (non-hydrogen) atoms. The van der Waals surface area contributed by atoms with Crippen LogP contribution in [0.1, 0.15) is 19.3 Å². The number of aliphatic carboxylic acids is 1. The van der Waals surface area contributed by atoms with Gasteiger partial charge in [-0.1, -0.05) is 6.42 Å². The molecule has 2 aliphatic rings. The normalized spacial score (nSPS) is 25.0. The van der Waals surface area contributed by atoms with Gasteiger partial charge in [0.05, 0.1) is 17.4 Å². The number of rotatable bonds is 4. The number of hydrogen-bond donors (Lipinski definition) is 2. The van der Waals surface area contributed by atoms with E-state index in [9.17, 15) is 23.1 Å². The number of urea groups is 1. The van der Waals surface area contributed by atoms with Gasteiger partial charge in [0, 0.05) is 31.1 Å². The molecule has 1 saturated heterocycles. The SMILES string of the molecule is COc1cc(NC(=O)N2C[C@@H]3CCC[C@@]3(C(=O)O)C2)cc(S(C)(=O)=O)c1. The molecule has 1 aliphatic carbocycles. The van der Waals surface area contributed by atoms with Gasteiger partial charge in [-0.3, -0.25) is 4.79 Å². The second kappa shape index (κ2) is 6.46. The molecular formula is C17H22N2O6S. The molecule has 2 fully saturated rings. The molecule has 1 saturated carbocycles. The Hall–Kier alpha value is -2.29. The van der Waals surface area contributed by atoms with Crippen LogP contribution in [0.2, 0.25) is 0 Å². The second-order valence-corrected chi connectivity index (χ2v) is 9.05. The molecule has 1 aromatic carbocycles. The first-order chi connectivity index (χ1) is 12.2. The minimum atomic E-state index is -3.47. The molecular weight excluding hydrogens is 360 g/mol. The van der Waals surface area contributed by atoms with Gasteiger partial charge in [-0.25, -0.2) is 13.2 Å². The molecule has 0 spiro atoms. The van der Waals surface area contributed by atoms with Gasteiger partial charge >= 0.3 is 12.0 Å². The van der Waals surface area contributed by atoms with E-state index in [-0.39, 0.29) is 23.0 Å². The van der Waals surface area contributed by atoms with Crippen LogP contribution in [0.3, 0.4) is 0 Å². The Labute approximate surface area is 152 Å². The summed E-state index contributed by atoms with van der Waals surface area (Å²) in [5.74, 6) is -0.581. The fourth-order valence-corrected chi connectivity index (χ4v) is 4.64. The average Bonchev–Trinajstić information content (AvgIpc) is 3.11. The van der Waals surface area contributed by atoms with Crippen molar-refractivity contribution in [3.63, 3.8) is 0 Å². The van der Waals surface area contributed by atoms with Gasteiger partial charge < -0.3 is 20.1 Å². The summed E-state index contributed by atoms with van der Waals surface area (Å²) in [6, 6.07) is 3.83. The van der Waals surface area contributed by atoms with E-state index in [4.69, 9.17) is 4.74 Å². The average molecular weight is 382 g/mol. The van der Waals surface area contributed by atoms with Crippen LogP contribution in [-0.2, 0) is 14.6 Å². The van der Waals surface area contributed by atoms with Crippen molar-refractivity contribution in [3.05, 3.63) is 18.2 Å². The number of fused-ring (bicyclic) bond motifs is 1. The first-order valence-corrected chi connectivity index (χ1v) is 10.2. The number of ether oxygens (including phenoxy) is 1. The number of hydrogen-bond acceptors (Lipinski definition) is 5. The molecule has 2 N–H and O–H groups in total. The van der Waals surface area contributed by atoms with E-state index >= 15 is 0 Å². The maximum Gasteiger partial charge on any atom is 0.321 e. The second-order valence-electron chi connectivity index (χ2n) is 7.03. The fourth-order valence-electron chi connectivity index (χ4n) is 3.97. The number of benzene rings is 1. The monoisotopic (exact) mass is 382 g/mol. The lowest BCUT2D eigenvalue weighted by Crippen LogP contribution is -2.38. The lowest BCUT2D eigenvalue weighted by molar-refractivity contribution is -0.149. The predicted octanol–water partition coefficient (Wildman–Crippen LogP) is 1.82. The maximum atomic E-state index is 12.6. The Kier molecular flexibility index (Phi) is 4.60. The molecule has 142 valence electrons. The van der Waals surface area contributed by atoms with E-state index in [1.165, 1.54) is 30.2 Å². The molecule has 1 aromatic rings. The van der Waals surface area contributed by atoms with Gasteiger partial charge in [0.25, 0.3) is 0 Å². The third-order valence-corrected chi connectivity index (χ3v) is 6.47. The summed E-state index contributed by atoms with van der Waals surface area (Å²) in [5.41, 5.74) is -0.569. The van der Waals surface area contributed by atoms with Crippen LogP contribution in [0.5, 0.6) is 5.75 Å². The zero-order valence-electron chi connectivity index (χ0n) is 14.7. The molecule has 0 radical (unpaired) electrons. The Morgan fingerprint density at radius 2 is 2.08 bits per heavy atom. The van der Waals surface area contributed by atoms with Crippen LogP contribution in [0.15, 0.2) is 23.1 Å². The smallest absolute Gasteiger partial charge is 0.321 e. The number of carboxylic acids is 1. The van der Waals surface area contributed by atoms with Gasteiger partial charge in [-0.2, -0.15) is 0 Å². The Morgan fingerprint density at radius 1 is 1.35 bits per heavy atom. The minimum Gasteiger partial charge on any atom is -0.497 e. The number of amides is 2. The highest BCUT2D eigenvalue weighted by atomic mass is 32.2. The van der Waals surface area contributed by atoms with E-state index in [1.807, 2.05) is 0 Å². The highest BCUT2D eigenvalue weighted by Gasteiger charge is 2.55. The molecule has 1 aliphatic heterocycles. The van der Waals surface area contributed by atoms with Crippen molar-refractivity contribution >= 4 is 27.5 Å². The van der Waals surface area contributed by atoms with E-state index in [1.54, 1.807) is 0 Å². The molecule has 0 bridgehead atoms. The van der Waals surface area contributed by atoms with Crippen molar-refractivity contribution < 1.29 is 27.9 Å². The number of nitrogens with one attached hydrogen (secondary N) is 1. The number of carboxylic acid groups (broad SMARTS) is 1. The van der Waals surface area contributed by atoms with Crippen molar-refractivity contribution in [3.8, 4) is 5.75 Å². The number of nitrogens with zero attached hydrogens (tertiary/aromatic N) is 1. The van der Waals surface area contributed by atoms with Gasteiger partial charge in [0.15, 0.2) is 9.84 Å².